The van der Waals surface area contributed by atoms with E-state index in [1.165, 1.54) is 5.56 Å². The van der Waals surface area contributed by atoms with Crippen molar-refractivity contribution in [3.8, 4) is 0 Å². The maximum Gasteiger partial charge on any atom is 0.191 e. The summed E-state index contributed by atoms with van der Waals surface area (Å²) in [6.07, 6.45) is 6.52. The highest BCUT2D eigenvalue weighted by atomic mass is 16.5. The van der Waals surface area contributed by atoms with E-state index >= 15 is 0 Å². The summed E-state index contributed by atoms with van der Waals surface area (Å²) in [4.78, 5) is 9.55. The van der Waals surface area contributed by atoms with Crippen LogP contribution in [0.3, 0.4) is 0 Å². The van der Waals surface area contributed by atoms with Crippen LogP contribution in [-0.2, 0) is 11.2 Å². The largest absolute Gasteiger partial charge is 0.377 e. The van der Waals surface area contributed by atoms with Gasteiger partial charge in [0, 0.05) is 55.9 Å². The van der Waals surface area contributed by atoms with E-state index in [1.54, 1.807) is 0 Å². The number of aromatic nitrogens is 2. The Bertz CT molecular complexity index is 840. The molecule has 27 heavy (non-hydrogen) atoms. The molecule has 0 amide bonds. The lowest BCUT2D eigenvalue weighted by Crippen LogP contribution is -2.68. The molecular weight excluding hydrogens is 338 g/mol. The van der Waals surface area contributed by atoms with Crippen molar-refractivity contribution < 1.29 is 4.74 Å². The molecule has 2 aliphatic rings. The van der Waals surface area contributed by atoms with Gasteiger partial charge >= 0.3 is 0 Å². The number of guanidine groups is 1. The number of hydrogen-bond donors (Lipinski definition) is 2. The lowest BCUT2D eigenvalue weighted by atomic mass is 9.57. The smallest absolute Gasteiger partial charge is 0.191 e. The predicted molar refractivity (Wildman–Crippen MR) is 108 cm³/mol. The van der Waals surface area contributed by atoms with Gasteiger partial charge in [-0.25, -0.2) is 4.98 Å². The predicted octanol–water partition coefficient (Wildman–Crippen LogP) is 2.55. The van der Waals surface area contributed by atoms with E-state index in [1.807, 2.05) is 6.20 Å². The summed E-state index contributed by atoms with van der Waals surface area (Å²) in [5.41, 5.74) is 3.46. The molecule has 1 aliphatic heterocycles. The van der Waals surface area contributed by atoms with Gasteiger partial charge in [-0.15, -0.1) is 0 Å². The second kappa shape index (κ2) is 7.15. The van der Waals surface area contributed by atoms with Gasteiger partial charge in [0.15, 0.2) is 5.96 Å². The molecule has 4 rings (SSSR count). The molecule has 2 aromatic heterocycles. The Balaban J connectivity index is 1.41. The van der Waals surface area contributed by atoms with Crippen molar-refractivity contribution in [3.05, 3.63) is 35.8 Å². The van der Waals surface area contributed by atoms with E-state index < -0.39 is 0 Å². The minimum absolute atomic E-state index is 0.149. The SMILES string of the molecule is CCNC(=NCCc1cn2cccc(C)c2n1)NC1C2CCOC2C1(C)C. The average molecular weight is 370 g/mol. The minimum atomic E-state index is 0.149. The van der Waals surface area contributed by atoms with E-state index in [-0.39, 0.29) is 5.41 Å². The van der Waals surface area contributed by atoms with Crippen LogP contribution in [0.25, 0.3) is 5.65 Å². The van der Waals surface area contributed by atoms with Crippen molar-refractivity contribution >= 4 is 11.6 Å². The van der Waals surface area contributed by atoms with Crippen LogP contribution in [-0.4, -0.2) is 47.2 Å². The van der Waals surface area contributed by atoms with Crippen molar-refractivity contribution in [2.24, 2.45) is 16.3 Å². The van der Waals surface area contributed by atoms with Gasteiger partial charge in [0.25, 0.3) is 0 Å². The Kier molecular flexibility index (Phi) is 4.84. The molecule has 1 saturated carbocycles. The number of ether oxygens (including phenoxy) is 1. The Morgan fingerprint density at radius 2 is 2.30 bits per heavy atom. The summed E-state index contributed by atoms with van der Waals surface area (Å²) in [7, 11) is 0. The van der Waals surface area contributed by atoms with Crippen LogP contribution in [0, 0.1) is 18.3 Å². The zero-order valence-electron chi connectivity index (χ0n) is 16.8. The van der Waals surface area contributed by atoms with Gasteiger partial charge in [-0.2, -0.15) is 0 Å². The number of aryl methyl sites for hydroxylation is 1. The molecule has 1 saturated heterocycles. The summed E-state index contributed by atoms with van der Waals surface area (Å²) >= 11 is 0. The molecule has 0 aromatic carbocycles. The number of aliphatic imine (C=N–C) groups is 1. The molecule has 6 heteroatoms. The van der Waals surface area contributed by atoms with E-state index in [2.05, 4.69) is 61.1 Å². The van der Waals surface area contributed by atoms with E-state index in [4.69, 9.17) is 14.7 Å². The molecule has 0 bridgehead atoms. The number of imidazole rings is 1. The topological polar surface area (TPSA) is 63.0 Å². The van der Waals surface area contributed by atoms with Gasteiger partial charge in [0.05, 0.1) is 11.8 Å². The normalized spacial score (nSPS) is 26.7. The molecule has 2 N–H and O–H groups in total. The number of nitrogens with one attached hydrogen (secondary N) is 2. The standard InChI is InChI=1S/C21H31N5O/c1-5-22-20(25-17-16-9-12-27-18(16)21(17,3)4)23-10-8-15-13-26-11-6-7-14(2)19(26)24-15/h6-7,11,13,16-18H,5,8-10,12H2,1-4H3,(H2,22,23,25). The fraction of sp³-hybridized carbons (Fsp3) is 0.619. The van der Waals surface area contributed by atoms with Gasteiger partial charge < -0.3 is 19.8 Å². The second-order valence-corrected chi connectivity index (χ2v) is 8.35. The van der Waals surface area contributed by atoms with Crippen LogP contribution < -0.4 is 10.6 Å². The number of hydrogen-bond acceptors (Lipinski definition) is 3. The molecule has 3 heterocycles. The third-order valence-corrected chi connectivity index (χ3v) is 6.10. The Morgan fingerprint density at radius 1 is 1.44 bits per heavy atom. The molecular formula is C21H31N5O. The first-order valence-corrected chi connectivity index (χ1v) is 10.1. The number of rotatable bonds is 5. The molecule has 2 fully saturated rings. The van der Waals surface area contributed by atoms with Crippen molar-refractivity contribution in [1.29, 1.82) is 0 Å². The molecule has 6 nitrogen and oxygen atoms in total. The number of pyridine rings is 1. The van der Waals surface area contributed by atoms with Gasteiger partial charge in [-0.3, -0.25) is 4.99 Å². The van der Waals surface area contributed by atoms with Gasteiger partial charge in [-0.05, 0) is 31.9 Å². The first-order valence-electron chi connectivity index (χ1n) is 10.1. The summed E-state index contributed by atoms with van der Waals surface area (Å²) < 4.78 is 8.00. The molecule has 0 radical (unpaired) electrons. The molecule has 1 aliphatic carbocycles. The molecule has 3 atom stereocenters. The van der Waals surface area contributed by atoms with Crippen molar-refractivity contribution in [2.45, 2.75) is 52.7 Å². The first kappa shape index (κ1) is 18.3. The molecule has 146 valence electrons. The summed E-state index contributed by atoms with van der Waals surface area (Å²) in [6, 6.07) is 4.57. The fourth-order valence-electron chi connectivity index (χ4n) is 4.69. The Hall–Kier alpha value is -2.08. The Labute approximate surface area is 161 Å². The first-order chi connectivity index (χ1) is 13.0. The average Bonchev–Trinajstić information content (AvgIpc) is 3.25. The maximum atomic E-state index is 5.91. The van der Waals surface area contributed by atoms with Crippen LogP contribution in [0.1, 0.15) is 38.4 Å². The van der Waals surface area contributed by atoms with Crippen LogP contribution in [0.4, 0.5) is 0 Å². The highest BCUT2D eigenvalue weighted by Gasteiger charge is 2.59. The summed E-state index contributed by atoms with van der Waals surface area (Å²) in [6.45, 7) is 11.2. The number of fused-ring (bicyclic) bond motifs is 2. The quantitative estimate of drug-likeness (QED) is 0.628. The van der Waals surface area contributed by atoms with Crippen LogP contribution in [0.5, 0.6) is 0 Å². The van der Waals surface area contributed by atoms with E-state index in [0.717, 1.165) is 49.8 Å². The van der Waals surface area contributed by atoms with Crippen molar-refractivity contribution in [3.63, 3.8) is 0 Å². The third kappa shape index (κ3) is 3.31. The lowest BCUT2D eigenvalue weighted by Gasteiger charge is -2.54. The van der Waals surface area contributed by atoms with Gasteiger partial charge in [0.2, 0.25) is 0 Å². The fourth-order valence-corrected chi connectivity index (χ4v) is 4.69. The van der Waals surface area contributed by atoms with Gasteiger partial charge in [0.1, 0.15) is 5.65 Å². The van der Waals surface area contributed by atoms with Crippen molar-refractivity contribution in [2.75, 3.05) is 19.7 Å². The van der Waals surface area contributed by atoms with E-state index in [9.17, 15) is 0 Å². The molecule has 2 aromatic rings. The molecule has 3 unspecified atom stereocenters. The van der Waals surface area contributed by atoms with Gasteiger partial charge in [-0.1, -0.05) is 19.9 Å². The van der Waals surface area contributed by atoms with Crippen molar-refractivity contribution in [1.82, 2.24) is 20.0 Å². The third-order valence-electron chi connectivity index (χ3n) is 6.10. The minimum Gasteiger partial charge on any atom is -0.377 e. The van der Waals surface area contributed by atoms with E-state index in [0.29, 0.717) is 18.1 Å². The summed E-state index contributed by atoms with van der Waals surface area (Å²) in [5, 5.41) is 7.07. The molecule has 0 spiro atoms. The summed E-state index contributed by atoms with van der Waals surface area (Å²) in [5.74, 6) is 1.51. The van der Waals surface area contributed by atoms with Crippen LogP contribution in [0.15, 0.2) is 29.5 Å². The zero-order chi connectivity index (χ0) is 19.0. The second-order valence-electron chi connectivity index (χ2n) is 8.35. The van der Waals surface area contributed by atoms with Crippen LogP contribution in [0.2, 0.25) is 0 Å². The lowest BCUT2D eigenvalue weighted by molar-refractivity contribution is -0.106. The Morgan fingerprint density at radius 3 is 3.07 bits per heavy atom. The van der Waals surface area contributed by atoms with Crippen LogP contribution >= 0.6 is 0 Å². The highest BCUT2D eigenvalue weighted by molar-refractivity contribution is 5.80. The highest BCUT2D eigenvalue weighted by Crippen LogP contribution is 2.52. The monoisotopic (exact) mass is 369 g/mol. The zero-order valence-corrected chi connectivity index (χ0v) is 16.8. The maximum absolute atomic E-state index is 5.91. The number of nitrogens with zero attached hydrogens (tertiary/aromatic N) is 3.